The lowest BCUT2D eigenvalue weighted by atomic mass is 10.1. The van der Waals surface area contributed by atoms with E-state index < -0.39 is 11.8 Å². The monoisotopic (exact) mass is 795 g/mol. The summed E-state index contributed by atoms with van der Waals surface area (Å²) >= 11 is 16.7. The van der Waals surface area contributed by atoms with Gasteiger partial charge in [-0.3, -0.25) is 18.8 Å². The Balaban J connectivity index is 0.00000650. The number of aromatic nitrogens is 2. The minimum Gasteiger partial charge on any atom is -0.485 e. The molecule has 0 aliphatic rings. The number of ether oxygens (including phenoxy) is 3. The minimum absolute atomic E-state index is 0. The second-order valence-electron chi connectivity index (χ2n) is 10.6. The number of carbonyl (C=O) groups is 3. The summed E-state index contributed by atoms with van der Waals surface area (Å²) < 4.78 is 19.0. The third-order valence-electron chi connectivity index (χ3n) is 7.40. The highest BCUT2D eigenvalue weighted by Crippen LogP contribution is 2.35. The molecule has 1 N–H and O–H groups in total. The van der Waals surface area contributed by atoms with Crippen molar-refractivity contribution in [2.75, 3.05) is 59.0 Å². The highest BCUT2D eigenvalue weighted by molar-refractivity contribution is 9.10. The normalized spacial score (nSPS) is 11.0. The molecule has 0 atom stereocenters. The molecule has 15 heteroatoms. The Hall–Kier alpha value is -3.65. The Morgan fingerprint density at radius 3 is 2.35 bits per heavy atom. The number of likely N-dealkylation sites (N-methyl/N-ethyl adjacent to an activating group) is 1. The molecule has 0 unspecified atom stereocenters. The van der Waals surface area contributed by atoms with Crippen LogP contribution in [0, 0.1) is 6.92 Å². The predicted molar refractivity (Wildman–Crippen MR) is 197 cm³/mol. The van der Waals surface area contributed by atoms with Crippen molar-refractivity contribution in [3.05, 3.63) is 97.8 Å². The number of pyridine rings is 1. The number of anilines is 1. The highest BCUT2D eigenvalue weighted by atomic mass is 79.9. The molecular formula is C34H37BrCl3N5O6. The fourth-order valence-corrected chi connectivity index (χ4v) is 5.63. The van der Waals surface area contributed by atoms with E-state index in [1.807, 2.05) is 23.6 Å². The third-order valence-corrected chi connectivity index (χ3v) is 9.14. The van der Waals surface area contributed by atoms with Gasteiger partial charge in [0.05, 0.1) is 36.2 Å². The zero-order valence-corrected chi connectivity index (χ0v) is 31.3. The van der Waals surface area contributed by atoms with Gasteiger partial charge in [-0.25, -0.2) is 4.98 Å². The number of benzene rings is 2. The van der Waals surface area contributed by atoms with Crippen molar-refractivity contribution >= 4 is 86.7 Å². The first-order valence-electron chi connectivity index (χ1n) is 14.9. The largest absolute Gasteiger partial charge is 0.485 e. The van der Waals surface area contributed by atoms with E-state index in [-0.39, 0.29) is 36.5 Å². The molecule has 0 spiro atoms. The number of rotatable bonds is 15. The van der Waals surface area contributed by atoms with Crippen LogP contribution in [0.3, 0.4) is 0 Å². The molecule has 2 aromatic carbocycles. The molecule has 4 rings (SSSR count). The lowest BCUT2D eigenvalue weighted by molar-refractivity contribution is -0.122. The molecule has 49 heavy (non-hydrogen) atoms. The van der Waals surface area contributed by atoms with Crippen LogP contribution >= 0.6 is 51.5 Å². The van der Waals surface area contributed by atoms with Crippen LogP contribution in [0.2, 0.25) is 10.0 Å². The molecule has 0 aliphatic heterocycles. The Kier molecular flexibility index (Phi) is 15.4. The summed E-state index contributed by atoms with van der Waals surface area (Å²) in [6.45, 7) is 3.36. The van der Waals surface area contributed by atoms with E-state index in [0.717, 1.165) is 10.3 Å². The number of hydrogen-bond donors (Lipinski definition) is 1. The Bertz CT molecular complexity index is 1790. The number of halogens is 4. The summed E-state index contributed by atoms with van der Waals surface area (Å²) in [6.07, 6.45) is 4.78. The summed E-state index contributed by atoms with van der Waals surface area (Å²) in [6, 6.07) is 13.8. The van der Waals surface area contributed by atoms with Crippen LogP contribution in [0.1, 0.15) is 27.2 Å². The van der Waals surface area contributed by atoms with Gasteiger partial charge in [0, 0.05) is 62.8 Å². The topological polar surface area (TPSA) is 115 Å². The maximum Gasteiger partial charge on any atom is 0.254 e. The number of hydrogen-bond acceptors (Lipinski definition) is 7. The fourth-order valence-electron chi connectivity index (χ4n) is 4.65. The number of nitrogens with zero attached hydrogens (tertiary/aromatic N) is 4. The fraction of sp³-hybridized carbons (Fsp3) is 0.294. The summed E-state index contributed by atoms with van der Waals surface area (Å²) in [5, 5.41) is 3.22. The molecule has 0 saturated heterocycles. The van der Waals surface area contributed by atoms with Crippen LogP contribution in [0.15, 0.2) is 65.4 Å². The van der Waals surface area contributed by atoms with Crippen molar-refractivity contribution in [1.82, 2.24) is 19.6 Å². The molecular weight excluding hydrogens is 761 g/mol. The molecule has 3 amide bonds. The van der Waals surface area contributed by atoms with E-state index in [2.05, 4.69) is 26.2 Å². The molecule has 0 radical (unpaired) electrons. The van der Waals surface area contributed by atoms with Crippen LogP contribution in [0.25, 0.3) is 11.7 Å². The van der Waals surface area contributed by atoms with Gasteiger partial charge >= 0.3 is 0 Å². The first kappa shape index (κ1) is 39.8. The molecule has 2 heterocycles. The third kappa shape index (κ3) is 10.2. The zero-order valence-electron chi connectivity index (χ0n) is 27.4. The summed E-state index contributed by atoms with van der Waals surface area (Å²) in [4.78, 5) is 46.0. The van der Waals surface area contributed by atoms with Crippen molar-refractivity contribution in [1.29, 1.82) is 0 Å². The molecule has 0 fully saturated rings. The Morgan fingerprint density at radius 1 is 1.02 bits per heavy atom. The first-order valence-corrected chi connectivity index (χ1v) is 16.4. The van der Waals surface area contributed by atoms with Gasteiger partial charge in [-0.2, -0.15) is 0 Å². The van der Waals surface area contributed by atoms with Gasteiger partial charge in [-0.1, -0.05) is 35.3 Å². The minimum atomic E-state index is -0.464. The van der Waals surface area contributed by atoms with Crippen LogP contribution in [-0.4, -0.2) is 86.1 Å². The number of amides is 3. The predicted octanol–water partition coefficient (Wildman–Crippen LogP) is 6.24. The molecule has 0 bridgehead atoms. The van der Waals surface area contributed by atoms with Crippen molar-refractivity contribution in [2.24, 2.45) is 0 Å². The average Bonchev–Trinajstić information content (AvgIpc) is 3.39. The Labute approximate surface area is 309 Å². The molecule has 11 nitrogen and oxygen atoms in total. The number of methoxy groups -OCH3 is 2. The number of imidazole rings is 1. The molecule has 262 valence electrons. The van der Waals surface area contributed by atoms with E-state index in [9.17, 15) is 14.4 Å². The van der Waals surface area contributed by atoms with E-state index >= 15 is 0 Å². The van der Waals surface area contributed by atoms with E-state index in [4.69, 9.17) is 37.4 Å². The molecule has 0 aliphatic carbocycles. The molecule has 2 aromatic heterocycles. The van der Waals surface area contributed by atoms with Gasteiger partial charge in [0.1, 0.15) is 11.2 Å². The van der Waals surface area contributed by atoms with Crippen molar-refractivity contribution in [3.63, 3.8) is 0 Å². The van der Waals surface area contributed by atoms with Crippen LogP contribution < -0.4 is 15.0 Å². The lowest BCUT2D eigenvalue weighted by Crippen LogP contribution is -2.37. The summed E-state index contributed by atoms with van der Waals surface area (Å²) in [5.41, 5.74) is 3.57. The van der Waals surface area contributed by atoms with Crippen molar-refractivity contribution < 1.29 is 28.6 Å². The second-order valence-corrected chi connectivity index (χ2v) is 12.1. The summed E-state index contributed by atoms with van der Waals surface area (Å²) in [7, 11) is 4.72. The summed E-state index contributed by atoms with van der Waals surface area (Å²) in [5.74, 6) is -0.467. The second kappa shape index (κ2) is 18.9. The van der Waals surface area contributed by atoms with E-state index in [1.165, 1.54) is 11.0 Å². The molecule has 0 saturated carbocycles. The standard InChI is InChI=1S/C34H36BrCl2N5O6.ClH/c1-22-32(35)42-15-5-6-28(33(42)39-22)48-21-25-26(36)12-13-27(31(25)37)40(2)30(44)20-38-29(43)14-9-23-7-10-24(11-8-23)34(45)41(16-18-46-3)17-19-47-4;/h5-15H,16-21H2,1-4H3,(H,38,43);1H. The van der Waals surface area contributed by atoms with Gasteiger partial charge in [0.2, 0.25) is 11.8 Å². The quantitative estimate of drug-likeness (QED) is 0.142. The van der Waals surface area contributed by atoms with Gasteiger partial charge in [0.15, 0.2) is 11.4 Å². The van der Waals surface area contributed by atoms with E-state index in [0.29, 0.717) is 65.1 Å². The van der Waals surface area contributed by atoms with Crippen molar-refractivity contribution in [2.45, 2.75) is 13.5 Å². The number of aryl methyl sites for hydroxylation is 1. The van der Waals surface area contributed by atoms with Crippen LogP contribution in [0.4, 0.5) is 5.69 Å². The van der Waals surface area contributed by atoms with Gasteiger partial charge in [-0.15, -0.1) is 12.4 Å². The average molecular weight is 798 g/mol. The number of fused-ring (bicyclic) bond motifs is 1. The van der Waals surface area contributed by atoms with Crippen molar-refractivity contribution in [3.8, 4) is 5.75 Å². The zero-order chi connectivity index (χ0) is 34.8. The van der Waals surface area contributed by atoms with E-state index in [1.54, 1.807) is 74.7 Å². The lowest BCUT2D eigenvalue weighted by Gasteiger charge is -2.22. The maximum atomic E-state index is 13.0. The first-order chi connectivity index (χ1) is 23.0. The highest BCUT2D eigenvalue weighted by Gasteiger charge is 2.20. The van der Waals surface area contributed by atoms with Crippen LogP contribution in [-0.2, 0) is 25.7 Å². The molecule has 4 aromatic rings. The number of nitrogens with one attached hydrogen (secondary N) is 1. The Morgan fingerprint density at radius 2 is 1.69 bits per heavy atom. The SMILES string of the molecule is COCCN(CCOC)C(=O)c1ccc(C=CC(=O)NCC(=O)N(C)c2ccc(Cl)c(COc3cccn4c(Br)c(C)nc34)c2Cl)cc1.Cl. The smallest absolute Gasteiger partial charge is 0.254 e. The van der Waals surface area contributed by atoms with Gasteiger partial charge in [-0.05, 0) is 70.9 Å². The maximum absolute atomic E-state index is 13.0. The van der Waals surface area contributed by atoms with Gasteiger partial charge < -0.3 is 29.3 Å². The number of carbonyl (C=O) groups excluding carboxylic acids is 3. The van der Waals surface area contributed by atoms with Gasteiger partial charge in [0.25, 0.3) is 5.91 Å². The van der Waals surface area contributed by atoms with Crippen LogP contribution in [0.5, 0.6) is 5.75 Å².